The van der Waals surface area contributed by atoms with Crippen LogP contribution in [0.15, 0.2) is 0 Å². The molecule has 2 N–H and O–H groups in total. The molecule has 0 radical (unpaired) electrons. The van der Waals surface area contributed by atoms with Crippen LogP contribution < -0.4 is 10.0 Å². The Labute approximate surface area is 103 Å². The summed E-state index contributed by atoms with van der Waals surface area (Å²) < 4.78 is 32.1. The van der Waals surface area contributed by atoms with E-state index in [9.17, 15) is 8.42 Å². The lowest BCUT2D eigenvalue weighted by molar-refractivity contribution is -0.0668. The Kier molecular flexibility index (Phi) is 4.07. The van der Waals surface area contributed by atoms with E-state index in [-0.39, 0.29) is 10.9 Å². The second-order valence-corrected chi connectivity index (χ2v) is 7.07. The molecule has 1 heterocycles. The highest BCUT2D eigenvalue weighted by Crippen LogP contribution is 2.28. The lowest BCUT2D eigenvalue weighted by Crippen LogP contribution is -2.56. The van der Waals surface area contributed by atoms with Crippen molar-refractivity contribution in [2.45, 2.75) is 43.5 Å². The fourth-order valence-corrected chi connectivity index (χ4v) is 3.71. The molecule has 17 heavy (non-hydrogen) atoms. The van der Waals surface area contributed by atoms with E-state index in [0.29, 0.717) is 13.2 Å². The molecule has 1 atom stereocenters. The van der Waals surface area contributed by atoms with Crippen LogP contribution in [-0.4, -0.2) is 45.5 Å². The molecule has 100 valence electrons. The Morgan fingerprint density at radius 2 is 2.24 bits per heavy atom. The smallest absolute Gasteiger partial charge is 0.214 e. The molecule has 0 aromatic carbocycles. The molecular weight excluding hydrogens is 240 g/mol. The van der Waals surface area contributed by atoms with Gasteiger partial charge in [0.05, 0.1) is 17.5 Å². The van der Waals surface area contributed by atoms with Crippen LogP contribution in [0, 0.1) is 0 Å². The topological polar surface area (TPSA) is 67.4 Å². The zero-order chi connectivity index (χ0) is 12.4. The minimum Gasteiger partial charge on any atom is -0.371 e. The standard InChI is InChI=1S/C11H22N2O3S/c1-2-5-11(8-12-6-7-16-11)9-13-17(14,15)10-3-4-10/h10,12-13H,2-9H2,1H3. The highest BCUT2D eigenvalue weighted by Gasteiger charge is 2.39. The highest BCUT2D eigenvalue weighted by atomic mass is 32.2. The van der Waals surface area contributed by atoms with Crippen LogP contribution in [0.5, 0.6) is 0 Å². The molecule has 2 aliphatic rings. The maximum atomic E-state index is 11.8. The fraction of sp³-hybridized carbons (Fsp3) is 1.00. The van der Waals surface area contributed by atoms with Gasteiger partial charge in [0.15, 0.2) is 0 Å². The van der Waals surface area contributed by atoms with Crippen molar-refractivity contribution < 1.29 is 13.2 Å². The molecule has 1 saturated heterocycles. The van der Waals surface area contributed by atoms with Crippen molar-refractivity contribution in [2.75, 3.05) is 26.2 Å². The van der Waals surface area contributed by atoms with E-state index in [1.807, 2.05) is 0 Å². The summed E-state index contributed by atoms with van der Waals surface area (Å²) in [7, 11) is -3.10. The summed E-state index contributed by atoms with van der Waals surface area (Å²) in [6.07, 6.45) is 3.48. The van der Waals surface area contributed by atoms with E-state index >= 15 is 0 Å². The lowest BCUT2D eigenvalue weighted by Gasteiger charge is -2.37. The minimum absolute atomic E-state index is 0.155. The normalized spacial score (nSPS) is 30.4. The summed E-state index contributed by atoms with van der Waals surface area (Å²) >= 11 is 0. The summed E-state index contributed by atoms with van der Waals surface area (Å²) in [6.45, 7) is 4.72. The van der Waals surface area contributed by atoms with Gasteiger partial charge in [0.1, 0.15) is 0 Å². The quantitative estimate of drug-likeness (QED) is 0.719. The number of rotatable bonds is 6. The highest BCUT2D eigenvalue weighted by molar-refractivity contribution is 7.90. The first-order valence-electron chi connectivity index (χ1n) is 6.41. The van der Waals surface area contributed by atoms with Gasteiger partial charge in [-0.2, -0.15) is 0 Å². The summed E-state index contributed by atoms with van der Waals surface area (Å²) in [5, 5.41) is 3.13. The van der Waals surface area contributed by atoms with Gasteiger partial charge in [0.25, 0.3) is 0 Å². The van der Waals surface area contributed by atoms with Crippen molar-refractivity contribution >= 4 is 10.0 Å². The Morgan fingerprint density at radius 1 is 1.47 bits per heavy atom. The van der Waals surface area contributed by atoms with E-state index in [2.05, 4.69) is 17.0 Å². The second-order valence-electron chi connectivity index (χ2n) is 5.02. The molecule has 6 heteroatoms. The van der Waals surface area contributed by atoms with E-state index in [0.717, 1.165) is 38.8 Å². The average molecular weight is 262 g/mol. The van der Waals surface area contributed by atoms with Crippen LogP contribution in [0.25, 0.3) is 0 Å². The Morgan fingerprint density at radius 3 is 2.76 bits per heavy atom. The van der Waals surface area contributed by atoms with Crippen LogP contribution in [-0.2, 0) is 14.8 Å². The summed E-state index contributed by atoms with van der Waals surface area (Å²) in [6, 6.07) is 0. The fourth-order valence-electron chi connectivity index (χ4n) is 2.25. The Balaban J connectivity index is 1.92. The number of sulfonamides is 1. The predicted octanol–water partition coefficient (Wildman–Crippen LogP) is 0.227. The van der Waals surface area contributed by atoms with Crippen LogP contribution in [0.4, 0.5) is 0 Å². The first-order chi connectivity index (χ1) is 8.08. The monoisotopic (exact) mass is 262 g/mol. The van der Waals surface area contributed by atoms with Gasteiger partial charge in [-0.15, -0.1) is 0 Å². The summed E-state index contributed by atoms with van der Waals surface area (Å²) in [5.74, 6) is 0. The van der Waals surface area contributed by atoms with E-state index in [1.165, 1.54) is 0 Å². The lowest BCUT2D eigenvalue weighted by atomic mass is 9.97. The van der Waals surface area contributed by atoms with Crippen molar-refractivity contribution in [3.05, 3.63) is 0 Å². The molecule has 2 fully saturated rings. The number of hydrogen-bond acceptors (Lipinski definition) is 4. The maximum absolute atomic E-state index is 11.8. The van der Waals surface area contributed by atoms with Gasteiger partial charge < -0.3 is 10.1 Å². The Hall–Kier alpha value is -0.170. The molecule has 0 spiro atoms. The molecule has 1 unspecified atom stereocenters. The molecule has 0 amide bonds. The van der Waals surface area contributed by atoms with Gasteiger partial charge in [0.2, 0.25) is 10.0 Å². The molecule has 1 saturated carbocycles. The third kappa shape index (κ3) is 3.40. The third-order valence-corrected chi connectivity index (χ3v) is 5.29. The van der Waals surface area contributed by atoms with Crippen LogP contribution in [0.3, 0.4) is 0 Å². The first-order valence-corrected chi connectivity index (χ1v) is 7.96. The predicted molar refractivity (Wildman–Crippen MR) is 66.4 cm³/mol. The molecule has 2 rings (SSSR count). The van der Waals surface area contributed by atoms with Gasteiger partial charge in [0, 0.05) is 19.6 Å². The second kappa shape index (κ2) is 5.22. The minimum atomic E-state index is -3.10. The van der Waals surface area contributed by atoms with E-state index < -0.39 is 10.0 Å². The number of hydrogen-bond donors (Lipinski definition) is 2. The van der Waals surface area contributed by atoms with Crippen LogP contribution in [0.2, 0.25) is 0 Å². The molecule has 1 aliphatic carbocycles. The number of morpholine rings is 1. The molecule has 1 aliphatic heterocycles. The van der Waals surface area contributed by atoms with Crippen LogP contribution in [0.1, 0.15) is 32.6 Å². The van der Waals surface area contributed by atoms with Crippen LogP contribution >= 0.6 is 0 Å². The van der Waals surface area contributed by atoms with Crippen molar-refractivity contribution in [3.8, 4) is 0 Å². The zero-order valence-electron chi connectivity index (χ0n) is 10.4. The number of ether oxygens (including phenoxy) is 1. The molecule has 0 aromatic heterocycles. The molecule has 0 aromatic rings. The van der Waals surface area contributed by atoms with Crippen molar-refractivity contribution in [1.29, 1.82) is 0 Å². The first kappa shape index (κ1) is 13.3. The summed E-state index contributed by atoms with van der Waals surface area (Å²) in [4.78, 5) is 0. The SMILES string of the molecule is CCCC1(CNS(=O)(=O)C2CC2)CNCCO1. The zero-order valence-corrected chi connectivity index (χ0v) is 11.2. The van der Waals surface area contributed by atoms with Gasteiger partial charge in [-0.3, -0.25) is 0 Å². The van der Waals surface area contributed by atoms with Gasteiger partial charge in [-0.25, -0.2) is 13.1 Å². The van der Waals surface area contributed by atoms with Crippen molar-refractivity contribution in [2.24, 2.45) is 0 Å². The van der Waals surface area contributed by atoms with Crippen molar-refractivity contribution in [3.63, 3.8) is 0 Å². The van der Waals surface area contributed by atoms with Crippen molar-refractivity contribution in [1.82, 2.24) is 10.0 Å². The third-order valence-electron chi connectivity index (χ3n) is 3.40. The molecular formula is C11H22N2O3S. The molecule has 0 bridgehead atoms. The maximum Gasteiger partial charge on any atom is 0.214 e. The van der Waals surface area contributed by atoms with Gasteiger partial charge in [-0.1, -0.05) is 13.3 Å². The van der Waals surface area contributed by atoms with Gasteiger partial charge in [-0.05, 0) is 19.3 Å². The van der Waals surface area contributed by atoms with E-state index in [1.54, 1.807) is 0 Å². The largest absolute Gasteiger partial charge is 0.371 e. The van der Waals surface area contributed by atoms with E-state index in [4.69, 9.17) is 4.74 Å². The summed E-state index contributed by atoms with van der Waals surface area (Å²) in [5.41, 5.74) is -0.352. The average Bonchev–Trinajstić information content (AvgIpc) is 3.13. The molecule has 5 nitrogen and oxygen atoms in total. The van der Waals surface area contributed by atoms with Gasteiger partial charge >= 0.3 is 0 Å². The number of nitrogens with one attached hydrogen (secondary N) is 2. The Bertz CT molecular complexity index is 340.